The summed E-state index contributed by atoms with van der Waals surface area (Å²) in [5.74, 6) is 0.150. The molecular formula is C14H26N4O2S. The molecule has 21 heavy (non-hydrogen) atoms. The molecule has 6 nitrogen and oxygen atoms in total. The Morgan fingerprint density at radius 1 is 1.29 bits per heavy atom. The highest BCUT2D eigenvalue weighted by Crippen LogP contribution is 2.29. The van der Waals surface area contributed by atoms with Gasteiger partial charge in [-0.1, -0.05) is 24.7 Å². The number of rotatable bonds is 9. The van der Waals surface area contributed by atoms with E-state index in [1.54, 1.807) is 4.90 Å². The number of hydrogen-bond donors (Lipinski definition) is 2. The van der Waals surface area contributed by atoms with Crippen LogP contribution in [0.25, 0.3) is 0 Å². The summed E-state index contributed by atoms with van der Waals surface area (Å²) in [6.07, 6.45) is 1.91. The fourth-order valence-corrected chi connectivity index (χ4v) is 3.11. The van der Waals surface area contributed by atoms with Gasteiger partial charge in [-0.05, 0) is 20.3 Å². The van der Waals surface area contributed by atoms with E-state index in [4.69, 9.17) is 10.8 Å². The molecule has 0 fully saturated rings. The zero-order chi connectivity index (χ0) is 15.8. The number of amides is 1. The molecule has 0 aliphatic carbocycles. The summed E-state index contributed by atoms with van der Waals surface area (Å²) < 4.78 is 0. The highest BCUT2D eigenvalue weighted by atomic mass is 32.1. The summed E-state index contributed by atoms with van der Waals surface area (Å²) in [6, 6.07) is 0. The molecule has 0 unspecified atom stereocenters. The van der Waals surface area contributed by atoms with E-state index in [2.05, 4.69) is 16.8 Å². The van der Waals surface area contributed by atoms with Crippen LogP contribution in [0.1, 0.15) is 43.3 Å². The first kappa shape index (κ1) is 17.7. The standard InChI is InChI=1S/C14H26N4O2S/c1-4-7-8-18(9-10-19)13(20)11-12(15)16-14(21-11)17(5-2)6-3/h19H,4-10,15H2,1-3H3. The van der Waals surface area contributed by atoms with Gasteiger partial charge in [-0.3, -0.25) is 4.79 Å². The third kappa shape index (κ3) is 4.57. The first-order valence-electron chi connectivity index (χ1n) is 7.50. The lowest BCUT2D eigenvalue weighted by molar-refractivity contribution is 0.0725. The summed E-state index contributed by atoms with van der Waals surface area (Å²) in [5, 5.41) is 9.90. The lowest BCUT2D eigenvalue weighted by atomic mass is 10.3. The van der Waals surface area contributed by atoms with E-state index in [-0.39, 0.29) is 18.3 Å². The molecule has 0 saturated heterocycles. The predicted molar refractivity (Wildman–Crippen MR) is 88.0 cm³/mol. The number of carbonyl (C=O) groups excluding carboxylic acids is 1. The maximum atomic E-state index is 12.6. The average Bonchev–Trinajstić information content (AvgIpc) is 2.86. The Morgan fingerprint density at radius 2 is 1.95 bits per heavy atom. The number of aliphatic hydroxyl groups excluding tert-OH is 1. The molecule has 7 heteroatoms. The third-order valence-corrected chi connectivity index (χ3v) is 4.43. The van der Waals surface area contributed by atoms with Gasteiger partial charge in [0.2, 0.25) is 0 Å². The smallest absolute Gasteiger partial charge is 0.267 e. The highest BCUT2D eigenvalue weighted by molar-refractivity contribution is 7.18. The lowest BCUT2D eigenvalue weighted by Crippen LogP contribution is -2.34. The molecule has 0 aromatic carbocycles. The van der Waals surface area contributed by atoms with Crippen molar-refractivity contribution in [3.63, 3.8) is 0 Å². The van der Waals surface area contributed by atoms with Crippen molar-refractivity contribution in [1.29, 1.82) is 0 Å². The molecule has 1 rings (SSSR count). The van der Waals surface area contributed by atoms with E-state index in [1.807, 2.05) is 13.8 Å². The zero-order valence-corrected chi connectivity index (χ0v) is 13.9. The van der Waals surface area contributed by atoms with Crippen LogP contribution in [0.3, 0.4) is 0 Å². The topological polar surface area (TPSA) is 82.7 Å². The number of anilines is 2. The minimum atomic E-state index is -0.133. The molecule has 0 aliphatic rings. The molecule has 0 saturated carbocycles. The summed E-state index contributed by atoms with van der Waals surface area (Å²) in [6.45, 7) is 8.73. The van der Waals surface area contributed by atoms with E-state index in [0.29, 0.717) is 18.0 Å². The molecule has 120 valence electrons. The van der Waals surface area contributed by atoms with Gasteiger partial charge < -0.3 is 20.6 Å². The number of nitrogens with two attached hydrogens (primary N) is 1. The lowest BCUT2D eigenvalue weighted by Gasteiger charge is -2.20. The van der Waals surface area contributed by atoms with Crippen molar-refractivity contribution in [2.75, 3.05) is 43.4 Å². The van der Waals surface area contributed by atoms with Gasteiger partial charge >= 0.3 is 0 Å². The number of unbranched alkanes of at least 4 members (excludes halogenated alkanes) is 1. The second-order valence-corrected chi connectivity index (χ2v) is 5.73. The molecule has 1 aromatic rings. The van der Waals surface area contributed by atoms with E-state index in [9.17, 15) is 4.79 Å². The van der Waals surface area contributed by atoms with E-state index in [0.717, 1.165) is 31.1 Å². The Labute approximate surface area is 130 Å². The van der Waals surface area contributed by atoms with Gasteiger partial charge in [0.25, 0.3) is 5.91 Å². The Balaban J connectivity index is 2.93. The van der Waals surface area contributed by atoms with Crippen LogP contribution in [-0.4, -0.2) is 53.7 Å². The molecule has 3 N–H and O–H groups in total. The molecule has 1 amide bonds. The maximum Gasteiger partial charge on any atom is 0.267 e. The van der Waals surface area contributed by atoms with Crippen molar-refractivity contribution in [2.45, 2.75) is 33.6 Å². The zero-order valence-electron chi connectivity index (χ0n) is 13.1. The molecule has 0 radical (unpaired) electrons. The molecule has 0 aliphatic heterocycles. The Morgan fingerprint density at radius 3 is 2.48 bits per heavy atom. The minimum absolute atomic E-state index is 0.0446. The van der Waals surface area contributed by atoms with Crippen molar-refractivity contribution in [3.8, 4) is 0 Å². The minimum Gasteiger partial charge on any atom is -0.395 e. The average molecular weight is 314 g/mol. The van der Waals surface area contributed by atoms with Crippen molar-refractivity contribution >= 4 is 28.2 Å². The van der Waals surface area contributed by atoms with Gasteiger partial charge in [-0.15, -0.1) is 0 Å². The van der Waals surface area contributed by atoms with E-state index < -0.39 is 0 Å². The quantitative estimate of drug-likeness (QED) is 0.726. The van der Waals surface area contributed by atoms with Crippen LogP contribution in [0.15, 0.2) is 0 Å². The number of carbonyl (C=O) groups is 1. The molecule has 1 aromatic heterocycles. The Kier molecular flexibility index (Phi) is 7.45. The molecule has 0 atom stereocenters. The fraction of sp³-hybridized carbons (Fsp3) is 0.714. The molecule has 1 heterocycles. The van der Waals surface area contributed by atoms with E-state index in [1.165, 1.54) is 11.3 Å². The monoisotopic (exact) mass is 314 g/mol. The Bertz CT molecular complexity index is 446. The van der Waals surface area contributed by atoms with Crippen molar-refractivity contribution < 1.29 is 9.90 Å². The van der Waals surface area contributed by atoms with Gasteiger partial charge in [-0.25, -0.2) is 4.98 Å². The summed E-state index contributed by atoms with van der Waals surface area (Å²) in [5.41, 5.74) is 5.91. The molecular weight excluding hydrogens is 288 g/mol. The van der Waals surface area contributed by atoms with Crippen LogP contribution in [-0.2, 0) is 0 Å². The van der Waals surface area contributed by atoms with Crippen molar-refractivity contribution in [1.82, 2.24) is 9.88 Å². The number of nitrogens with zero attached hydrogens (tertiary/aromatic N) is 3. The summed E-state index contributed by atoms with van der Waals surface area (Å²) >= 11 is 1.33. The Hall–Kier alpha value is -1.34. The third-order valence-electron chi connectivity index (χ3n) is 3.31. The maximum absolute atomic E-state index is 12.6. The SMILES string of the molecule is CCCCN(CCO)C(=O)c1sc(N(CC)CC)nc1N. The first-order chi connectivity index (χ1) is 10.1. The van der Waals surface area contributed by atoms with Crippen LogP contribution in [0.2, 0.25) is 0 Å². The number of aromatic nitrogens is 1. The summed E-state index contributed by atoms with van der Waals surface area (Å²) in [7, 11) is 0. The molecule has 0 bridgehead atoms. The van der Waals surface area contributed by atoms with Crippen LogP contribution >= 0.6 is 11.3 Å². The van der Waals surface area contributed by atoms with E-state index >= 15 is 0 Å². The van der Waals surface area contributed by atoms with Crippen molar-refractivity contribution in [3.05, 3.63) is 4.88 Å². The van der Waals surface area contributed by atoms with Gasteiger partial charge in [0.05, 0.1) is 6.61 Å². The van der Waals surface area contributed by atoms with Crippen LogP contribution in [0.5, 0.6) is 0 Å². The number of aliphatic hydroxyl groups is 1. The number of nitrogen functional groups attached to an aromatic ring is 1. The normalized spacial score (nSPS) is 10.7. The summed E-state index contributed by atoms with van der Waals surface area (Å²) in [4.78, 5) is 21.1. The van der Waals surface area contributed by atoms with Gasteiger partial charge in [-0.2, -0.15) is 0 Å². The van der Waals surface area contributed by atoms with Gasteiger partial charge in [0, 0.05) is 26.2 Å². The molecule has 0 spiro atoms. The van der Waals surface area contributed by atoms with Gasteiger partial charge in [0.1, 0.15) is 10.7 Å². The van der Waals surface area contributed by atoms with Crippen molar-refractivity contribution in [2.24, 2.45) is 0 Å². The van der Waals surface area contributed by atoms with Gasteiger partial charge in [0.15, 0.2) is 5.13 Å². The second kappa shape index (κ2) is 8.84. The number of hydrogen-bond acceptors (Lipinski definition) is 6. The predicted octanol–water partition coefficient (Wildman–Crippen LogP) is 1.81. The van der Waals surface area contributed by atoms with Crippen LogP contribution in [0, 0.1) is 0 Å². The van der Waals surface area contributed by atoms with Crippen LogP contribution in [0.4, 0.5) is 10.9 Å². The highest BCUT2D eigenvalue weighted by Gasteiger charge is 2.23. The first-order valence-corrected chi connectivity index (χ1v) is 8.31. The second-order valence-electron chi connectivity index (χ2n) is 4.75. The number of thiazole rings is 1. The fourth-order valence-electron chi connectivity index (χ4n) is 2.03. The van der Waals surface area contributed by atoms with Crippen LogP contribution < -0.4 is 10.6 Å². The largest absolute Gasteiger partial charge is 0.395 e.